The molecule has 1 aliphatic rings. The molecule has 27 heavy (non-hydrogen) atoms. The zero-order valence-corrected chi connectivity index (χ0v) is 15.1. The van der Waals surface area contributed by atoms with Gasteiger partial charge in [-0.1, -0.05) is 25.0 Å². The highest BCUT2D eigenvalue weighted by Gasteiger charge is 2.22. The SMILES string of the molecule is O=C(O)CN1CCCCCCOc2ccccc2Nc2ncccc2C1=O. The largest absolute Gasteiger partial charge is 0.491 e. The molecule has 7 heteroatoms. The molecule has 1 aliphatic heterocycles. The van der Waals surface area contributed by atoms with Crippen molar-refractivity contribution in [3.63, 3.8) is 0 Å². The number of para-hydroxylation sites is 2. The van der Waals surface area contributed by atoms with E-state index in [9.17, 15) is 14.7 Å². The van der Waals surface area contributed by atoms with Crippen LogP contribution in [0.4, 0.5) is 11.5 Å². The normalized spacial score (nSPS) is 15.6. The van der Waals surface area contributed by atoms with E-state index < -0.39 is 5.97 Å². The number of benzene rings is 1. The van der Waals surface area contributed by atoms with E-state index in [-0.39, 0.29) is 12.5 Å². The Labute approximate surface area is 158 Å². The third kappa shape index (κ3) is 4.97. The van der Waals surface area contributed by atoms with Gasteiger partial charge in [0.25, 0.3) is 5.91 Å². The van der Waals surface area contributed by atoms with Crippen LogP contribution in [0.1, 0.15) is 36.0 Å². The van der Waals surface area contributed by atoms with E-state index in [2.05, 4.69) is 10.3 Å². The molecule has 0 unspecified atom stereocenters. The summed E-state index contributed by atoms with van der Waals surface area (Å²) in [6, 6.07) is 10.8. The number of hydrogen-bond acceptors (Lipinski definition) is 5. The highest BCUT2D eigenvalue weighted by Crippen LogP contribution is 2.29. The first-order chi connectivity index (χ1) is 13.1. The van der Waals surface area contributed by atoms with Crippen LogP contribution in [0.15, 0.2) is 42.6 Å². The van der Waals surface area contributed by atoms with Gasteiger partial charge < -0.3 is 20.1 Å². The van der Waals surface area contributed by atoms with Crippen LogP contribution in [-0.2, 0) is 4.79 Å². The first kappa shape index (κ1) is 18.7. The number of carbonyl (C=O) groups is 2. The number of aliphatic carboxylic acids is 1. The van der Waals surface area contributed by atoms with E-state index in [4.69, 9.17) is 4.74 Å². The Hall–Kier alpha value is -3.09. The number of ether oxygens (including phenoxy) is 1. The lowest BCUT2D eigenvalue weighted by Crippen LogP contribution is -2.37. The van der Waals surface area contributed by atoms with E-state index in [0.29, 0.717) is 36.0 Å². The van der Waals surface area contributed by atoms with Crippen molar-refractivity contribution in [1.82, 2.24) is 9.88 Å². The average molecular weight is 369 g/mol. The molecule has 2 N–H and O–H groups in total. The number of hydrogen-bond donors (Lipinski definition) is 2. The summed E-state index contributed by atoms with van der Waals surface area (Å²) in [4.78, 5) is 29.9. The molecule has 142 valence electrons. The number of carboxylic acid groups (broad SMARTS) is 1. The van der Waals surface area contributed by atoms with Gasteiger partial charge in [0.1, 0.15) is 18.1 Å². The molecule has 0 radical (unpaired) electrons. The zero-order valence-electron chi connectivity index (χ0n) is 15.1. The molecule has 2 heterocycles. The maximum absolute atomic E-state index is 13.0. The van der Waals surface area contributed by atoms with E-state index in [0.717, 1.165) is 25.7 Å². The van der Waals surface area contributed by atoms with Crippen molar-refractivity contribution in [3.8, 4) is 5.75 Å². The summed E-state index contributed by atoms with van der Waals surface area (Å²) < 4.78 is 5.88. The number of rotatable bonds is 2. The van der Waals surface area contributed by atoms with Gasteiger partial charge in [-0.25, -0.2) is 4.98 Å². The molecular weight excluding hydrogens is 346 g/mol. The molecule has 0 saturated carbocycles. The molecule has 0 fully saturated rings. The Morgan fingerprint density at radius 3 is 2.81 bits per heavy atom. The topological polar surface area (TPSA) is 91.8 Å². The standard InChI is InChI=1S/C20H23N3O4/c24-18(25)14-23-12-5-1-2-6-13-27-17-10-4-3-9-16(17)22-19-15(20(23)26)8-7-11-21-19/h3-4,7-11H,1-2,5-6,12-14H2,(H,21,22)(H,24,25). The first-order valence-electron chi connectivity index (χ1n) is 9.10. The number of fused-ring (bicyclic) bond motifs is 2. The maximum Gasteiger partial charge on any atom is 0.323 e. The smallest absolute Gasteiger partial charge is 0.323 e. The minimum atomic E-state index is -1.03. The molecule has 2 aromatic rings. The molecule has 0 saturated heterocycles. The van der Waals surface area contributed by atoms with Crippen LogP contribution in [0, 0.1) is 0 Å². The number of aromatic nitrogens is 1. The van der Waals surface area contributed by atoms with Crippen molar-refractivity contribution < 1.29 is 19.4 Å². The van der Waals surface area contributed by atoms with Crippen LogP contribution in [0.2, 0.25) is 0 Å². The Kier molecular flexibility index (Phi) is 6.25. The summed E-state index contributed by atoms with van der Waals surface area (Å²) in [6.07, 6.45) is 5.11. The highest BCUT2D eigenvalue weighted by atomic mass is 16.5. The van der Waals surface area contributed by atoms with Gasteiger partial charge in [-0.15, -0.1) is 0 Å². The summed E-state index contributed by atoms with van der Waals surface area (Å²) in [5.41, 5.74) is 1.05. The molecular formula is C20H23N3O4. The van der Waals surface area contributed by atoms with Crippen LogP contribution in [0.3, 0.4) is 0 Å². The van der Waals surface area contributed by atoms with Crippen molar-refractivity contribution in [3.05, 3.63) is 48.2 Å². The molecule has 3 rings (SSSR count). The predicted octanol–water partition coefficient (Wildman–Crippen LogP) is 3.30. The van der Waals surface area contributed by atoms with Crippen LogP contribution in [0.25, 0.3) is 0 Å². The van der Waals surface area contributed by atoms with Crippen LogP contribution in [-0.4, -0.2) is 46.6 Å². The van der Waals surface area contributed by atoms with Gasteiger partial charge in [0.15, 0.2) is 0 Å². The van der Waals surface area contributed by atoms with Crippen molar-refractivity contribution in [2.75, 3.05) is 25.0 Å². The van der Waals surface area contributed by atoms with Crippen molar-refractivity contribution in [2.24, 2.45) is 0 Å². The Morgan fingerprint density at radius 1 is 1.15 bits per heavy atom. The summed E-state index contributed by atoms with van der Waals surface area (Å²) in [5.74, 6) is -0.294. The fourth-order valence-corrected chi connectivity index (χ4v) is 3.03. The number of amides is 1. The van der Waals surface area contributed by atoms with Crippen LogP contribution < -0.4 is 10.1 Å². The van der Waals surface area contributed by atoms with Crippen molar-refractivity contribution in [2.45, 2.75) is 25.7 Å². The minimum absolute atomic E-state index is 0.327. The summed E-state index contributed by atoms with van der Waals surface area (Å²) in [7, 11) is 0. The summed E-state index contributed by atoms with van der Waals surface area (Å²) in [6.45, 7) is 0.676. The number of pyridine rings is 1. The monoisotopic (exact) mass is 369 g/mol. The van der Waals surface area contributed by atoms with Gasteiger partial charge in [0, 0.05) is 12.7 Å². The zero-order chi connectivity index (χ0) is 19.1. The van der Waals surface area contributed by atoms with Gasteiger partial charge in [0.2, 0.25) is 0 Å². The van der Waals surface area contributed by atoms with Gasteiger partial charge in [-0.3, -0.25) is 9.59 Å². The number of carboxylic acids is 1. The third-order valence-electron chi connectivity index (χ3n) is 4.37. The Morgan fingerprint density at radius 2 is 1.96 bits per heavy atom. The second kappa shape index (κ2) is 9.02. The van der Waals surface area contributed by atoms with Crippen molar-refractivity contribution >= 4 is 23.4 Å². The molecule has 1 aromatic carbocycles. The summed E-state index contributed by atoms with van der Waals surface area (Å²) >= 11 is 0. The summed E-state index contributed by atoms with van der Waals surface area (Å²) in [5, 5.41) is 12.4. The second-order valence-corrected chi connectivity index (χ2v) is 6.40. The van der Waals surface area contributed by atoms with E-state index in [1.54, 1.807) is 18.3 Å². The van der Waals surface area contributed by atoms with E-state index in [1.807, 2.05) is 24.3 Å². The first-order valence-corrected chi connectivity index (χ1v) is 9.10. The van der Waals surface area contributed by atoms with E-state index in [1.165, 1.54) is 4.90 Å². The fraction of sp³-hybridized carbons (Fsp3) is 0.350. The Bertz CT molecular complexity index is 809. The number of nitrogens with zero attached hydrogens (tertiary/aromatic N) is 2. The molecule has 0 bridgehead atoms. The number of carbonyl (C=O) groups excluding carboxylic acids is 1. The van der Waals surface area contributed by atoms with Gasteiger partial charge >= 0.3 is 5.97 Å². The quantitative estimate of drug-likeness (QED) is 0.844. The van der Waals surface area contributed by atoms with Crippen LogP contribution in [0.5, 0.6) is 5.75 Å². The predicted molar refractivity (Wildman–Crippen MR) is 101 cm³/mol. The molecule has 1 amide bonds. The van der Waals surface area contributed by atoms with E-state index >= 15 is 0 Å². The molecule has 7 nitrogen and oxygen atoms in total. The molecule has 0 spiro atoms. The van der Waals surface area contributed by atoms with Crippen molar-refractivity contribution in [1.29, 1.82) is 0 Å². The molecule has 0 atom stereocenters. The molecule has 0 aliphatic carbocycles. The minimum Gasteiger partial charge on any atom is -0.491 e. The lowest BCUT2D eigenvalue weighted by Gasteiger charge is -2.23. The lowest BCUT2D eigenvalue weighted by atomic mass is 10.1. The fourth-order valence-electron chi connectivity index (χ4n) is 3.03. The maximum atomic E-state index is 13.0. The average Bonchev–Trinajstić information content (AvgIpc) is 2.66. The Balaban J connectivity index is 1.96. The number of anilines is 2. The van der Waals surface area contributed by atoms with Crippen LogP contribution >= 0.6 is 0 Å². The van der Waals surface area contributed by atoms with Gasteiger partial charge in [-0.05, 0) is 37.1 Å². The second-order valence-electron chi connectivity index (χ2n) is 6.40. The van der Waals surface area contributed by atoms with Gasteiger partial charge in [0.05, 0.1) is 17.9 Å². The molecule has 1 aromatic heterocycles. The highest BCUT2D eigenvalue weighted by molar-refractivity contribution is 6.00. The number of nitrogens with one attached hydrogen (secondary N) is 1. The lowest BCUT2D eigenvalue weighted by molar-refractivity contribution is -0.137. The van der Waals surface area contributed by atoms with Gasteiger partial charge in [-0.2, -0.15) is 0 Å². The third-order valence-corrected chi connectivity index (χ3v) is 4.37.